The van der Waals surface area contributed by atoms with Crippen molar-refractivity contribution in [3.8, 4) is 22.5 Å². The molecule has 0 spiro atoms. The van der Waals surface area contributed by atoms with E-state index in [9.17, 15) is 18.0 Å². The molecular weight excluding hydrogens is 444 g/mol. The number of rotatable bonds is 6. The van der Waals surface area contributed by atoms with Gasteiger partial charge in [0.25, 0.3) is 16.0 Å². The molecule has 0 bridgehead atoms. The third kappa shape index (κ3) is 4.74. The fraction of sp³-hybridized carbons (Fsp3) is 0.167. The molecular formula is C24H22N2O6S. The van der Waals surface area contributed by atoms with Gasteiger partial charge in [0, 0.05) is 60.5 Å². The third-order valence-electron chi connectivity index (χ3n) is 5.28. The van der Waals surface area contributed by atoms with E-state index >= 15 is 0 Å². The van der Waals surface area contributed by atoms with Crippen molar-refractivity contribution >= 4 is 32.7 Å². The van der Waals surface area contributed by atoms with Crippen LogP contribution in [0.1, 0.15) is 10.4 Å². The number of nitrogens with zero attached hydrogens (tertiary/aromatic N) is 1. The molecule has 0 radical (unpaired) electrons. The summed E-state index contributed by atoms with van der Waals surface area (Å²) in [5, 5.41) is 3.29. The van der Waals surface area contributed by atoms with Crippen LogP contribution in [0.2, 0.25) is 0 Å². The quantitative estimate of drug-likeness (QED) is 0.331. The summed E-state index contributed by atoms with van der Waals surface area (Å²) in [6.45, 7) is -0.233. The summed E-state index contributed by atoms with van der Waals surface area (Å²) in [6, 6.07) is 17.2. The van der Waals surface area contributed by atoms with Crippen molar-refractivity contribution < 1.29 is 22.2 Å². The predicted octanol–water partition coefficient (Wildman–Crippen LogP) is 3.25. The molecule has 1 aliphatic carbocycles. The third-order valence-corrected chi connectivity index (χ3v) is 6.00. The van der Waals surface area contributed by atoms with Gasteiger partial charge < -0.3 is 14.6 Å². The van der Waals surface area contributed by atoms with Gasteiger partial charge in [0.15, 0.2) is 5.43 Å². The molecule has 9 heteroatoms. The number of carbonyl (C=O) groups excluding carboxylic acids is 1. The second kappa shape index (κ2) is 8.68. The Morgan fingerprint density at radius 2 is 1.79 bits per heavy atom. The highest BCUT2D eigenvalue weighted by molar-refractivity contribution is 7.85. The van der Waals surface area contributed by atoms with Crippen molar-refractivity contribution in [3.05, 3.63) is 76.5 Å². The van der Waals surface area contributed by atoms with Gasteiger partial charge in [0.2, 0.25) is 0 Å². The number of fused-ring (bicyclic) bond motifs is 2. The first-order valence-corrected chi connectivity index (χ1v) is 11.8. The SMILES string of the molecule is CN(C)c1ccc2c(-c3ccccc3C(=O)NCCS(=O)(=O)O)c3ccc(=O)cc-3oc2c1. The van der Waals surface area contributed by atoms with Crippen LogP contribution in [0.4, 0.5) is 5.69 Å². The number of benzene rings is 3. The van der Waals surface area contributed by atoms with E-state index in [1.54, 1.807) is 30.3 Å². The lowest BCUT2D eigenvalue weighted by molar-refractivity contribution is 0.0956. The lowest BCUT2D eigenvalue weighted by Gasteiger charge is -2.19. The molecule has 0 saturated heterocycles. The Kier molecular flexibility index (Phi) is 5.92. The molecule has 0 saturated carbocycles. The topological polar surface area (TPSA) is 117 Å². The smallest absolute Gasteiger partial charge is 0.266 e. The second-order valence-corrected chi connectivity index (χ2v) is 9.37. The zero-order valence-corrected chi connectivity index (χ0v) is 18.8. The zero-order chi connectivity index (χ0) is 23.8. The Morgan fingerprint density at radius 1 is 1.03 bits per heavy atom. The highest BCUT2D eigenvalue weighted by atomic mass is 32.2. The minimum absolute atomic E-state index is 0.198. The van der Waals surface area contributed by atoms with E-state index in [4.69, 9.17) is 8.97 Å². The molecule has 1 aliphatic heterocycles. The van der Waals surface area contributed by atoms with Crippen molar-refractivity contribution in [3.63, 3.8) is 0 Å². The van der Waals surface area contributed by atoms with Crippen LogP contribution in [-0.4, -0.2) is 45.3 Å². The van der Waals surface area contributed by atoms with E-state index in [2.05, 4.69) is 5.32 Å². The first kappa shape index (κ1) is 22.5. The molecule has 4 rings (SSSR count). The maximum absolute atomic E-state index is 12.9. The first-order valence-electron chi connectivity index (χ1n) is 10.1. The molecule has 2 N–H and O–H groups in total. The van der Waals surface area contributed by atoms with Crippen LogP contribution < -0.4 is 15.6 Å². The van der Waals surface area contributed by atoms with Gasteiger partial charge in [-0.2, -0.15) is 8.42 Å². The minimum atomic E-state index is -4.20. The average molecular weight is 467 g/mol. The molecule has 2 aromatic rings. The Hall–Kier alpha value is -3.69. The van der Waals surface area contributed by atoms with Crippen LogP contribution in [0, 0.1) is 0 Å². The van der Waals surface area contributed by atoms with Crippen LogP contribution in [0.5, 0.6) is 0 Å². The number of carbonyl (C=O) groups is 1. The van der Waals surface area contributed by atoms with Crippen molar-refractivity contribution in [1.82, 2.24) is 5.32 Å². The van der Waals surface area contributed by atoms with Gasteiger partial charge in [-0.25, -0.2) is 0 Å². The van der Waals surface area contributed by atoms with Crippen LogP contribution in [0.3, 0.4) is 0 Å². The number of nitrogens with one attached hydrogen (secondary N) is 1. The molecule has 0 aromatic heterocycles. The van der Waals surface area contributed by atoms with Crippen molar-refractivity contribution in [1.29, 1.82) is 0 Å². The highest BCUT2D eigenvalue weighted by Gasteiger charge is 2.22. The van der Waals surface area contributed by atoms with Crippen molar-refractivity contribution in [2.75, 3.05) is 31.3 Å². The maximum Gasteiger partial charge on any atom is 0.266 e. The fourth-order valence-corrected chi connectivity index (χ4v) is 4.08. The maximum atomic E-state index is 12.9. The standard InChI is InChI=1S/C24H22N2O6S/c1-26(2)15-7-9-19-21(13-15)32-22-14-16(27)8-10-20(22)23(19)17-5-3-4-6-18(17)24(28)25-11-12-33(29,30)31/h3-10,13-14H,11-12H2,1-2H3,(H,25,28)(H,29,30,31). The molecule has 2 aromatic carbocycles. The number of amides is 1. The Bertz CT molecular complexity index is 1490. The molecule has 0 unspecified atom stereocenters. The summed E-state index contributed by atoms with van der Waals surface area (Å²) in [4.78, 5) is 26.9. The van der Waals surface area contributed by atoms with E-state index in [0.717, 1.165) is 16.6 Å². The van der Waals surface area contributed by atoms with Crippen LogP contribution in [-0.2, 0) is 10.1 Å². The molecule has 33 heavy (non-hydrogen) atoms. The van der Waals surface area contributed by atoms with Gasteiger partial charge in [-0.05, 0) is 35.9 Å². The lowest BCUT2D eigenvalue weighted by Crippen LogP contribution is -2.29. The van der Waals surface area contributed by atoms with Gasteiger partial charge in [-0.15, -0.1) is 0 Å². The normalized spacial score (nSPS) is 11.6. The molecule has 2 aliphatic rings. The number of hydrogen-bond acceptors (Lipinski definition) is 6. The van der Waals surface area contributed by atoms with Crippen molar-refractivity contribution in [2.24, 2.45) is 0 Å². The zero-order valence-electron chi connectivity index (χ0n) is 18.0. The summed E-state index contributed by atoms with van der Waals surface area (Å²) >= 11 is 0. The summed E-state index contributed by atoms with van der Waals surface area (Å²) in [6.07, 6.45) is 0. The first-order chi connectivity index (χ1) is 15.6. The molecule has 1 amide bonds. The summed E-state index contributed by atoms with van der Waals surface area (Å²) in [5.41, 5.74) is 3.57. The van der Waals surface area contributed by atoms with E-state index < -0.39 is 21.8 Å². The predicted molar refractivity (Wildman–Crippen MR) is 128 cm³/mol. The largest absolute Gasteiger partial charge is 0.456 e. The van der Waals surface area contributed by atoms with Crippen molar-refractivity contribution in [2.45, 2.75) is 0 Å². The monoisotopic (exact) mass is 466 g/mol. The van der Waals surface area contributed by atoms with E-state index in [1.165, 1.54) is 12.1 Å². The van der Waals surface area contributed by atoms with Gasteiger partial charge in [-0.1, -0.05) is 18.2 Å². The fourth-order valence-electron chi connectivity index (χ4n) is 3.72. The second-order valence-electron chi connectivity index (χ2n) is 7.80. The highest BCUT2D eigenvalue weighted by Crippen LogP contribution is 2.41. The Morgan fingerprint density at radius 3 is 2.52 bits per heavy atom. The van der Waals surface area contributed by atoms with Gasteiger partial charge in [0.05, 0.1) is 5.75 Å². The van der Waals surface area contributed by atoms with Gasteiger partial charge in [0.1, 0.15) is 11.3 Å². The van der Waals surface area contributed by atoms with Gasteiger partial charge in [-0.3, -0.25) is 14.1 Å². The number of anilines is 1. The van der Waals surface area contributed by atoms with Crippen LogP contribution >= 0.6 is 0 Å². The Labute approximate surface area is 190 Å². The molecule has 0 atom stereocenters. The molecule has 8 nitrogen and oxygen atoms in total. The lowest BCUT2D eigenvalue weighted by atomic mass is 9.90. The van der Waals surface area contributed by atoms with Crippen LogP contribution in [0.25, 0.3) is 33.4 Å². The molecule has 0 fully saturated rings. The van der Waals surface area contributed by atoms with Crippen LogP contribution in [0.15, 0.2) is 69.9 Å². The van der Waals surface area contributed by atoms with Gasteiger partial charge >= 0.3 is 0 Å². The summed E-state index contributed by atoms with van der Waals surface area (Å²) in [5.74, 6) is -0.680. The molecule has 170 valence electrons. The minimum Gasteiger partial charge on any atom is -0.456 e. The average Bonchev–Trinajstić information content (AvgIpc) is 2.76. The summed E-state index contributed by atoms with van der Waals surface area (Å²) in [7, 11) is -0.382. The molecule has 1 heterocycles. The van der Waals surface area contributed by atoms with E-state index in [1.807, 2.05) is 37.2 Å². The summed E-state index contributed by atoms with van der Waals surface area (Å²) < 4.78 is 37.0. The Balaban J connectivity index is 1.92. The van der Waals surface area contributed by atoms with E-state index in [-0.39, 0.29) is 12.0 Å². The number of hydrogen-bond donors (Lipinski definition) is 2. The van der Waals surface area contributed by atoms with E-state index in [0.29, 0.717) is 28.0 Å².